The zero-order chi connectivity index (χ0) is 9.23. The summed E-state index contributed by atoms with van der Waals surface area (Å²) in [6.07, 6.45) is 1.37. The summed E-state index contributed by atoms with van der Waals surface area (Å²) in [7, 11) is 1.72. The molecule has 1 heterocycles. The van der Waals surface area contributed by atoms with Gasteiger partial charge in [0, 0.05) is 26.8 Å². The molecule has 1 N–H and O–H groups in total. The molecule has 0 bridgehead atoms. The highest BCUT2D eigenvalue weighted by atomic mass is 16.5. The SMILES string of the molecule is CC.COCCC1CNCCO1. The van der Waals surface area contributed by atoms with Crippen molar-refractivity contribution in [2.75, 3.05) is 33.4 Å². The van der Waals surface area contributed by atoms with Gasteiger partial charge in [-0.15, -0.1) is 0 Å². The van der Waals surface area contributed by atoms with Gasteiger partial charge in [0.15, 0.2) is 0 Å². The minimum Gasteiger partial charge on any atom is -0.385 e. The Morgan fingerprint density at radius 3 is 2.75 bits per heavy atom. The fourth-order valence-electron chi connectivity index (χ4n) is 1.05. The molecule has 0 aromatic carbocycles. The van der Waals surface area contributed by atoms with Gasteiger partial charge in [0.1, 0.15) is 0 Å². The van der Waals surface area contributed by atoms with Crippen LogP contribution in [-0.2, 0) is 9.47 Å². The Balaban J connectivity index is 0.000000561. The molecule has 1 saturated heterocycles. The quantitative estimate of drug-likeness (QED) is 0.695. The first-order chi connectivity index (χ1) is 5.93. The summed E-state index contributed by atoms with van der Waals surface area (Å²) in [6.45, 7) is 7.60. The second-order valence-electron chi connectivity index (χ2n) is 2.48. The smallest absolute Gasteiger partial charge is 0.0722 e. The van der Waals surface area contributed by atoms with Crippen molar-refractivity contribution < 1.29 is 9.47 Å². The second kappa shape index (κ2) is 8.97. The van der Waals surface area contributed by atoms with Crippen molar-refractivity contribution in [2.24, 2.45) is 0 Å². The van der Waals surface area contributed by atoms with E-state index in [2.05, 4.69) is 5.32 Å². The van der Waals surface area contributed by atoms with E-state index in [1.165, 1.54) is 0 Å². The highest BCUT2D eigenvalue weighted by Gasteiger charge is 2.11. The van der Waals surface area contributed by atoms with Crippen LogP contribution in [0.3, 0.4) is 0 Å². The van der Waals surface area contributed by atoms with E-state index in [1.54, 1.807) is 7.11 Å². The lowest BCUT2D eigenvalue weighted by molar-refractivity contribution is 0.00896. The van der Waals surface area contributed by atoms with Gasteiger partial charge in [0.2, 0.25) is 0 Å². The van der Waals surface area contributed by atoms with Crippen LogP contribution in [-0.4, -0.2) is 39.5 Å². The van der Waals surface area contributed by atoms with Gasteiger partial charge in [0.05, 0.1) is 12.7 Å². The number of morpholine rings is 1. The van der Waals surface area contributed by atoms with Gasteiger partial charge in [-0.2, -0.15) is 0 Å². The Morgan fingerprint density at radius 2 is 2.25 bits per heavy atom. The number of ether oxygens (including phenoxy) is 2. The van der Waals surface area contributed by atoms with Crippen molar-refractivity contribution in [3.8, 4) is 0 Å². The highest BCUT2D eigenvalue weighted by molar-refractivity contribution is 4.65. The third-order valence-corrected chi connectivity index (χ3v) is 1.65. The van der Waals surface area contributed by atoms with E-state index in [0.29, 0.717) is 6.10 Å². The van der Waals surface area contributed by atoms with Crippen LogP contribution in [0.25, 0.3) is 0 Å². The van der Waals surface area contributed by atoms with Crippen LogP contribution >= 0.6 is 0 Å². The fraction of sp³-hybridized carbons (Fsp3) is 1.00. The average Bonchev–Trinajstić information content (AvgIpc) is 2.19. The van der Waals surface area contributed by atoms with Gasteiger partial charge in [-0.1, -0.05) is 13.8 Å². The molecule has 1 fully saturated rings. The van der Waals surface area contributed by atoms with E-state index < -0.39 is 0 Å². The minimum atomic E-state index is 0.369. The maximum Gasteiger partial charge on any atom is 0.0722 e. The van der Waals surface area contributed by atoms with Crippen LogP contribution in [0.4, 0.5) is 0 Å². The summed E-state index contributed by atoms with van der Waals surface area (Å²) >= 11 is 0. The van der Waals surface area contributed by atoms with Crippen LogP contribution in [0.15, 0.2) is 0 Å². The molecule has 0 amide bonds. The number of nitrogens with one attached hydrogen (secondary N) is 1. The van der Waals surface area contributed by atoms with Crippen LogP contribution in [0, 0.1) is 0 Å². The molecule has 1 atom stereocenters. The molecular formula is C9H21NO2. The summed E-state index contributed by atoms with van der Waals surface area (Å²) in [5, 5.41) is 3.26. The van der Waals surface area contributed by atoms with Crippen molar-refractivity contribution in [1.29, 1.82) is 0 Å². The molecule has 1 aliphatic rings. The van der Waals surface area contributed by atoms with Gasteiger partial charge < -0.3 is 14.8 Å². The first-order valence-corrected chi connectivity index (χ1v) is 4.74. The standard InChI is InChI=1S/C7H15NO2.C2H6/c1-9-4-2-7-6-8-3-5-10-7;1-2/h7-8H,2-6H2,1H3;1-2H3. The molecule has 12 heavy (non-hydrogen) atoms. The molecule has 0 radical (unpaired) electrons. The molecule has 74 valence electrons. The van der Waals surface area contributed by atoms with Crippen molar-refractivity contribution in [1.82, 2.24) is 5.32 Å². The maximum absolute atomic E-state index is 5.44. The van der Waals surface area contributed by atoms with E-state index in [1.807, 2.05) is 13.8 Å². The van der Waals surface area contributed by atoms with Crippen molar-refractivity contribution in [3.63, 3.8) is 0 Å². The largest absolute Gasteiger partial charge is 0.385 e. The summed E-state index contributed by atoms with van der Waals surface area (Å²) in [4.78, 5) is 0. The van der Waals surface area contributed by atoms with Crippen molar-refractivity contribution in [2.45, 2.75) is 26.4 Å². The lowest BCUT2D eigenvalue weighted by atomic mass is 10.2. The number of hydrogen-bond acceptors (Lipinski definition) is 3. The van der Waals surface area contributed by atoms with Crippen molar-refractivity contribution in [3.05, 3.63) is 0 Å². The number of rotatable bonds is 3. The number of hydrogen-bond donors (Lipinski definition) is 1. The molecular weight excluding hydrogens is 154 g/mol. The molecule has 1 unspecified atom stereocenters. The van der Waals surface area contributed by atoms with E-state index in [4.69, 9.17) is 9.47 Å². The molecule has 0 aromatic rings. The minimum absolute atomic E-state index is 0.369. The Morgan fingerprint density at radius 1 is 1.50 bits per heavy atom. The fourth-order valence-corrected chi connectivity index (χ4v) is 1.05. The zero-order valence-electron chi connectivity index (χ0n) is 8.43. The normalized spacial score (nSPS) is 22.8. The van der Waals surface area contributed by atoms with E-state index >= 15 is 0 Å². The second-order valence-corrected chi connectivity index (χ2v) is 2.48. The molecule has 3 heteroatoms. The van der Waals surface area contributed by atoms with Crippen LogP contribution in [0.5, 0.6) is 0 Å². The predicted molar refractivity (Wildman–Crippen MR) is 50.5 cm³/mol. The van der Waals surface area contributed by atoms with Crippen LogP contribution < -0.4 is 5.32 Å². The van der Waals surface area contributed by atoms with E-state index in [9.17, 15) is 0 Å². The molecule has 1 rings (SSSR count). The summed E-state index contributed by atoms with van der Waals surface area (Å²) in [5.41, 5.74) is 0. The first-order valence-electron chi connectivity index (χ1n) is 4.74. The lowest BCUT2D eigenvalue weighted by Gasteiger charge is -2.22. The molecule has 0 saturated carbocycles. The molecule has 3 nitrogen and oxygen atoms in total. The lowest BCUT2D eigenvalue weighted by Crippen LogP contribution is -2.38. The zero-order valence-corrected chi connectivity index (χ0v) is 8.43. The number of methoxy groups -OCH3 is 1. The van der Waals surface area contributed by atoms with E-state index in [0.717, 1.165) is 32.7 Å². The predicted octanol–water partition coefficient (Wildman–Crippen LogP) is 1.04. The van der Waals surface area contributed by atoms with Crippen LogP contribution in [0.1, 0.15) is 20.3 Å². The van der Waals surface area contributed by atoms with Gasteiger partial charge in [-0.05, 0) is 6.42 Å². The highest BCUT2D eigenvalue weighted by Crippen LogP contribution is 2.00. The third kappa shape index (κ3) is 5.52. The van der Waals surface area contributed by atoms with E-state index in [-0.39, 0.29) is 0 Å². The van der Waals surface area contributed by atoms with Gasteiger partial charge in [-0.25, -0.2) is 0 Å². The first kappa shape index (κ1) is 11.9. The van der Waals surface area contributed by atoms with Gasteiger partial charge in [0.25, 0.3) is 0 Å². The van der Waals surface area contributed by atoms with Gasteiger partial charge >= 0.3 is 0 Å². The Bertz CT molecular complexity index is 82.6. The van der Waals surface area contributed by atoms with Crippen LogP contribution in [0.2, 0.25) is 0 Å². The molecule has 0 spiro atoms. The van der Waals surface area contributed by atoms with Crippen molar-refractivity contribution >= 4 is 0 Å². The topological polar surface area (TPSA) is 30.5 Å². The molecule has 1 aliphatic heterocycles. The third-order valence-electron chi connectivity index (χ3n) is 1.65. The summed E-state index contributed by atoms with van der Waals surface area (Å²) < 4.78 is 10.4. The summed E-state index contributed by atoms with van der Waals surface area (Å²) in [5.74, 6) is 0. The van der Waals surface area contributed by atoms with Gasteiger partial charge in [-0.3, -0.25) is 0 Å². The Kier molecular flexibility index (Phi) is 8.88. The summed E-state index contributed by atoms with van der Waals surface area (Å²) in [6, 6.07) is 0. The monoisotopic (exact) mass is 175 g/mol. The average molecular weight is 175 g/mol. The Hall–Kier alpha value is -0.120. The maximum atomic E-state index is 5.44. The Labute approximate surface area is 75.4 Å². The molecule has 0 aromatic heterocycles. The molecule has 0 aliphatic carbocycles.